The zero-order valence-electron chi connectivity index (χ0n) is 24.1. The largest absolute Gasteiger partial charge is 0.430 e. The molecule has 12 heteroatoms. The highest BCUT2D eigenvalue weighted by Gasteiger charge is 2.71. The Kier molecular flexibility index (Phi) is 7.26. The molecular weight excluding hydrogens is 664 g/mol. The Morgan fingerprint density at radius 3 is 1.92 bits per heavy atom. The zero-order chi connectivity index (χ0) is 34.2. The van der Waals surface area contributed by atoms with Crippen LogP contribution in [0.2, 0.25) is 5.02 Å². The van der Waals surface area contributed by atoms with E-state index in [0.717, 1.165) is 12.1 Å². The van der Waals surface area contributed by atoms with Crippen LogP contribution >= 0.6 is 11.6 Å². The predicted molar refractivity (Wildman–Crippen MR) is 168 cm³/mol. The Bertz CT molecular complexity index is 2350. The summed E-state index contributed by atoms with van der Waals surface area (Å²) in [5.74, 6) is -1.31. The Morgan fingerprint density at radius 2 is 1.25 bits per heavy atom. The number of H-pyrrole nitrogens is 1. The first kappa shape index (κ1) is 31.6. The number of rotatable bonds is 4. The molecule has 0 unspecified atom stereocenters. The number of hydrogen-bond donors (Lipinski definition) is 2. The van der Waals surface area contributed by atoms with Gasteiger partial charge in [0.05, 0.1) is 21.6 Å². The molecular formula is C36H19ClF8N2O. The van der Waals surface area contributed by atoms with E-state index in [2.05, 4.69) is 9.97 Å². The lowest BCUT2D eigenvalue weighted by Crippen LogP contribution is -2.53. The summed E-state index contributed by atoms with van der Waals surface area (Å²) in [5, 5.41) is 10.7. The maximum absolute atomic E-state index is 15.3. The van der Waals surface area contributed by atoms with Crippen molar-refractivity contribution in [3.05, 3.63) is 125 Å². The van der Waals surface area contributed by atoms with Gasteiger partial charge in [-0.15, -0.1) is 0 Å². The van der Waals surface area contributed by atoms with E-state index < -0.39 is 35.2 Å². The number of halogens is 9. The minimum absolute atomic E-state index is 0.00799. The number of aliphatic hydroxyl groups is 1. The van der Waals surface area contributed by atoms with E-state index >= 15 is 4.39 Å². The van der Waals surface area contributed by atoms with Crippen molar-refractivity contribution in [1.29, 1.82) is 0 Å². The average molecular weight is 683 g/mol. The number of alkyl halides is 6. The van der Waals surface area contributed by atoms with Crippen LogP contribution < -0.4 is 0 Å². The van der Waals surface area contributed by atoms with Crippen LogP contribution in [-0.4, -0.2) is 27.4 Å². The van der Waals surface area contributed by atoms with Crippen LogP contribution in [0.5, 0.6) is 0 Å². The van der Waals surface area contributed by atoms with Crippen LogP contribution in [0, 0.1) is 11.6 Å². The Hall–Kier alpha value is -5.00. The number of hydrogen-bond acceptors (Lipinski definition) is 2. The third kappa shape index (κ3) is 4.88. The van der Waals surface area contributed by atoms with Crippen molar-refractivity contribution in [3.8, 4) is 33.6 Å². The van der Waals surface area contributed by atoms with Gasteiger partial charge in [0.15, 0.2) is 0 Å². The number of imidazole rings is 1. The Balaban J connectivity index is 1.52. The van der Waals surface area contributed by atoms with Gasteiger partial charge in [-0.05, 0) is 57.8 Å². The van der Waals surface area contributed by atoms with Crippen molar-refractivity contribution in [2.24, 2.45) is 0 Å². The summed E-state index contributed by atoms with van der Waals surface area (Å²) in [7, 11) is 0. The molecule has 0 aliphatic heterocycles. The molecule has 0 aliphatic rings. The smallest absolute Gasteiger partial charge is 0.369 e. The normalized spacial score (nSPS) is 12.8. The number of nitrogens with one attached hydrogen (secondary N) is 1. The molecule has 0 aliphatic carbocycles. The van der Waals surface area contributed by atoms with Gasteiger partial charge in [0.1, 0.15) is 17.5 Å². The molecule has 0 saturated carbocycles. The fourth-order valence-corrected chi connectivity index (χ4v) is 6.26. The molecule has 0 bridgehead atoms. The van der Waals surface area contributed by atoms with Crippen LogP contribution in [0.4, 0.5) is 35.1 Å². The summed E-state index contributed by atoms with van der Waals surface area (Å²) in [5.41, 5.74) is -4.63. The fraction of sp³-hybridized carbons (Fsp3) is 0.0833. The quantitative estimate of drug-likeness (QED) is 0.143. The summed E-state index contributed by atoms with van der Waals surface area (Å²) < 4.78 is 114. The lowest BCUT2D eigenvalue weighted by atomic mass is 9.88. The number of fused-ring (bicyclic) bond motifs is 6. The van der Waals surface area contributed by atoms with E-state index in [9.17, 15) is 35.8 Å². The molecule has 0 atom stereocenters. The third-order valence-electron chi connectivity index (χ3n) is 8.38. The first-order valence-corrected chi connectivity index (χ1v) is 14.6. The molecule has 2 N–H and O–H groups in total. The predicted octanol–water partition coefficient (Wildman–Crippen LogP) is 11.1. The average Bonchev–Trinajstić information content (AvgIpc) is 3.48. The fourth-order valence-electron chi connectivity index (χ4n) is 6.00. The van der Waals surface area contributed by atoms with E-state index in [-0.39, 0.29) is 49.0 Å². The molecule has 1 heterocycles. The van der Waals surface area contributed by atoms with Crippen LogP contribution in [0.3, 0.4) is 0 Å². The van der Waals surface area contributed by atoms with Gasteiger partial charge in [-0.1, -0.05) is 84.4 Å². The molecule has 48 heavy (non-hydrogen) atoms. The molecule has 1 aromatic heterocycles. The van der Waals surface area contributed by atoms with E-state index in [4.69, 9.17) is 11.6 Å². The Morgan fingerprint density at radius 1 is 0.604 bits per heavy atom. The molecule has 7 rings (SSSR count). The van der Waals surface area contributed by atoms with E-state index in [0.29, 0.717) is 34.4 Å². The molecule has 0 amide bonds. The first-order valence-electron chi connectivity index (χ1n) is 14.2. The standard InChI is InChI=1S/C36H19ClF8N2O/c37-27-7-4-8-28(38)30(27)33-46-31-23-13-10-19(20-9-12-22(29(39)16-20)18-5-2-1-3-6-18)15-25(23)26-17-21(11-14-24(26)32(31)47-33)34(48,35(40,41)42)36(43,44)45/h1-17,48H,(H,46,47). The first-order chi connectivity index (χ1) is 22.7. The minimum Gasteiger partial charge on any atom is -0.369 e. The number of nitrogens with zero attached hydrogens (tertiary/aromatic N) is 1. The minimum atomic E-state index is -6.12. The zero-order valence-corrected chi connectivity index (χ0v) is 24.9. The van der Waals surface area contributed by atoms with Crippen molar-refractivity contribution in [2.75, 3.05) is 0 Å². The van der Waals surface area contributed by atoms with Gasteiger partial charge in [0, 0.05) is 21.9 Å². The molecule has 0 fully saturated rings. The van der Waals surface area contributed by atoms with Crippen molar-refractivity contribution < 1.29 is 40.2 Å². The molecule has 3 nitrogen and oxygen atoms in total. The van der Waals surface area contributed by atoms with Gasteiger partial charge in [-0.25, -0.2) is 13.8 Å². The van der Waals surface area contributed by atoms with Crippen molar-refractivity contribution in [3.63, 3.8) is 0 Å². The van der Waals surface area contributed by atoms with E-state index in [1.165, 1.54) is 30.3 Å². The maximum Gasteiger partial charge on any atom is 0.430 e. The van der Waals surface area contributed by atoms with Crippen molar-refractivity contribution in [1.82, 2.24) is 9.97 Å². The van der Waals surface area contributed by atoms with Crippen molar-refractivity contribution >= 4 is 44.2 Å². The second-order valence-corrected chi connectivity index (χ2v) is 11.6. The summed E-state index contributed by atoms with van der Waals surface area (Å²) in [6.45, 7) is 0. The van der Waals surface area contributed by atoms with Crippen LogP contribution in [-0.2, 0) is 5.60 Å². The van der Waals surface area contributed by atoms with Gasteiger partial charge >= 0.3 is 12.4 Å². The summed E-state index contributed by atoms with van der Waals surface area (Å²) >= 11 is 6.26. The van der Waals surface area contributed by atoms with Crippen molar-refractivity contribution in [2.45, 2.75) is 18.0 Å². The van der Waals surface area contributed by atoms with Gasteiger partial charge in [0.25, 0.3) is 5.60 Å². The molecule has 6 aromatic carbocycles. The van der Waals surface area contributed by atoms with E-state index in [1.54, 1.807) is 48.5 Å². The molecule has 0 spiro atoms. The number of benzene rings is 6. The molecule has 7 aromatic rings. The second-order valence-electron chi connectivity index (χ2n) is 11.2. The summed E-state index contributed by atoms with van der Waals surface area (Å²) in [4.78, 5) is 7.48. The SMILES string of the molecule is OC(c1ccc2c(c1)c1cc(-c3ccc(-c4ccccc4)c(F)c3)ccc1c1nc(-c3c(F)cccc3Cl)[nH]c21)(C(F)(F)F)C(F)(F)F. The lowest BCUT2D eigenvalue weighted by molar-refractivity contribution is -0.376. The highest BCUT2D eigenvalue weighted by atomic mass is 35.5. The highest BCUT2D eigenvalue weighted by Crippen LogP contribution is 2.51. The monoisotopic (exact) mass is 682 g/mol. The Labute approximate surface area is 271 Å². The van der Waals surface area contributed by atoms with Gasteiger partial charge in [-0.2, -0.15) is 26.3 Å². The van der Waals surface area contributed by atoms with Gasteiger partial charge < -0.3 is 10.1 Å². The molecule has 242 valence electrons. The topological polar surface area (TPSA) is 48.9 Å². The van der Waals surface area contributed by atoms with Crippen LogP contribution in [0.1, 0.15) is 5.56 Å². The van der Waals surface area contributed by atoms with Gasteiger partial charge in [-0.3, -0.25) is 0 Å². The van der Waals surface area contributed by atoms with Crippen LogP contribution in [0.25, 0.3) is 66.2 Å². The number of aromatic nitrogens is 2. The second kappa shape index (κ2) is 11.0. The molecule has 0 saturated heterocycles. The summed E-state index contributed by atoms with van der Waals surface area (Å²) in [6, 6.07) is 24.0. The van der Waals surface area contributed by atoms with Crippen LogP contribution in [0.15, 0.2) is 103 Å². The van der Waals surface area contributed by atoms with E-state index in [1.807, 2.05) is 0 Å². The molecule has 0 radical (unpaired) electrons. The number of aromatic amines is 1. The lowest BCUT2D eigenvalue weighted by Gasteiger charge is -2.32. The maximum atomic E-state index is 15.3. The highest BCUT2D eigenvalue weighted by molar-refractivity contribution is 6.33. The third-order valence-corrected chi connectivity index (χ3v) is 8.70. The summed E-state index contributed by atoms with van der Waals surface area (Å²) in [6.07, 6.45) is -12.2. The van der Waals surface area contributed by atoms with Gasteiger partial charge in [0.2, 0.25) is 0 Å².